The van der Waals surface area contributed by atoms with Crippen molar-refractivity contribution in [3.05, 3.63) is 35.4 Å². The first kappa shape index (κ1) is 10.2. The van der Waals surface area contributed by atoms with Gasteiger partial charge >= 0.3 is 5.97 Å². The van der Waals surface area contributed by atoms with Gasteiger partial charge in [0.25, 0.3) is 0 Å². The van der Waals surface area contributed by atoms with Gasteiger partial charge in [0.2, 0.25) is 0 Å². The van der Waals surface area contributed by atoms with Crippen LogP contribution in [-0.4, -0.2) is 19.2 Å². The largest absolute Gasteiger partial charge is 0.465 e. The molecule has 15 heavy (non-hydrogen) atoms. The number of carbonyl (C=O) groups is 1. The summed E-state index contributed by atoms with van der Waals surface area (Å²) in [6.45, 7) is 2.10. The second-order valence-corrected chi connectivity index (χ2v) is 3.62. The lowest BCUT2D eigenvalue weighted by atomic mass is 10.1. The minimum Gasteiger partial charge on any atom is -0.465 e. The van der Waals surface area contributed by atoms with E-state index in [2.05, 4.69) is 11.7 Å². The molecule has 3 heteroatoms. The lowest BCUT2D eigenvalue weighted by molar-refractivity contribution is 0.0600. The van der Waals surface area contributed by atoms with Crippen molar-refractivity contribution in [2.45, 2.75) is 25.6 Å². The number of methoxy groups -OCH3 is 1. The first-order valence-corrected chi connectivity index (χ1v) is 5.10. The van der Waals surface area contributed by atoms with Crippen LogP contribution in [0.15, 0.2) is 24.3 Å². The summed E-state index contributed by atoms with van der Waals surface area (Å²) < 4.78 is 10.1. The van der Waals surface area contributed by atoms with E-state index in [1.165, 1.54) is 7.11 Å². The third kappa shape index (κ3) is 2.02. The van der Waals surface area contributed by atoms with Crippen LogP contribution in [0.5, 0.6) is 0 Å². The highest BCUT2D eigenvalue weighted by molar-refractivity contribution is 5.89. The minimum absolute atomic E-state index is 0.224. The van der Waals surface area contributed by atoms with Gasteiger partial charge in [0.1, 0.15) is 6.10 Å². The molecule has 0 radical (unpaired) electrons. The molecule has 1 aromatic rings. The molecule has 1 saturated heterocycles. The molecule has 1 aromatic carbocycles. The third-order valence-corrected chi connectivity index (χ3v) is 2.65. The molecule has 1 aliphatic heterocycles. The van der Waals surface area contributed by atoms with Gasteiger partial charge in [0, 0.05) is 0 Å². The highest BCUT2D eigenvalue weighted by atomic mass is 16.6. The topological polar surface area (TPSA) is 38.8 Å². The Morgan fingerprint density at radius 2 is 2.07 bits per heavy atom. The number of ether oxygens (including phenoxy) is 2. The summed E-state index contributed by atoms with van der Waals surface area (Å²) in [5.74, 6) is -0.301. The second-order valence-electron chi connectivity index (χ2n) is 3.62. The van der Waals surface area contributed by atoms with Crippen LogP contribution in [0.2, 0.25) is 0 Å². The number of hydrogen-bond acceptors (Lipinski definition) is 3. The molecule has 2 rings (SSSR count). The Kier molecular flexibility index (Phi) is 2.73. The zero-order valence-electron chi connectivity index (χ0n) is 8.90. The van der Waals surface area contributed by atoms with Gasteiger partial charge in [0.15, 0.2) is 0 Å². The molecule has 80 valence electrons. The van der Waals surface area contributed by atoms with Gasteiger partial charge in [-0.2, -0.15) is 0 Å². The molecule has 1 fully saturated rings. The van der Waals surface area contributed by atoms with Gasteiger partial charge in [-0.05, 0) is 24.1 Å². The van der Waals surface area contributed by atoms with Gasteiger partial charge in [-0.15, -0.1) is 0 Å². The lowest BCUT2D eigenvalue weighted by Gasteiger charge is -2.00. The monoisotopic (exact) mass is 206 g/mol. The SMILES string of the molecule is CCC1OC1c1ccc(C(=O)OC)cc1. The fourth-order valence-electron chi connectivity index (χ4n) is 1.67. The summed E-state index contributed by atoms with van der Waals surface area (Å²) in [6, 6.07) is 7.39. The van der Waals surface area contributed by atoms with Crippen molar-refractivity contribution in [2.75, 3.05) is 7.11 Å². The molecule has 0 bridgehead atoms. The molecule has 1 heterocycles. The van der Waals surface area contributed by atoms with Gasteiger partial charge < -0.3 is 9.47 Å². The zero-order valence-corrected chi connectivity index (χ0v) is 8.90. The standard InChI is InChI=1S/C12H14O3/c1-3-10-11(15-10)8-4-6-9(7-5-8)12(13)14-2/h4-7,10-11H,3H2,1-2H3. The van der Waals surface area contributed by atoms with Crippen molar-refractivity contribution in [3.8, 4) is 0 Å². The Morgan fingerprint density at radius 1 is 1.40 bits per heavy atom. The predicted octanol–water partition coefficient (Wildman–Crippen LogP) is 2.32. The van der Waals surface area contributed by atoms with Gasteiger partial charge in [-0.3, -0.25) is 0 Å². The Balaban J connectivity index is 2.08. The highest BCUT2D eigenvalue weighted by Gasteiger charge is 2.38. The van der Waals surface area contributed by atoms with Gasteiger partial charge in [0.05, 0.1) is 18.8 Å². The molecule has 2 unspecified atom stereocenters. The Bertz CT molecular complexity index is 356. The summed E-state index contributed by atoms with van der Waals surface area (Å²) in [6.07, 6.45) is 1.61. The predicted molar refractivity (Wildman–Crippen MR) is 55.7 cm³/mol. The van der Waals surface area contributed by atoms with Crippen molar-refractivity contribution < 1.29 is 14.3 Å². The molecule has 0 amide bonds. The third-order valence-electron chi connectivity index (χ3n) is 2.65. The van der Waals surface area contributed by atoms with Crippen LogP contribution in [0.25, 0.3) is 0 Å². The van der Waals surface area contributed by atoms with Crippen molar-refractivity contribution in [3.63, 3.8) is 0 Å². The van der Waals surface area contributed by atoms with E-state index in [0.717, 1.165) is 12.0 Å². The lowest BCUT2D eigenvalue weighted by Crippen LogP contribution is -2.00. The maximum absolute atomic E-state index is 11.2. The Labute approximate surface area is 89.0 Å². The van der Waals surface area contributed by atoms with Crippen LogP contribution >= 0.6 is 0 Å². The van der Waals surface area contributed by atoms with Crippen molar-refractivity contribution in [2.24, 2.45) is 0 Å². The Morgan fingerprint density at radius 3 is 2.53 bits per heavy atom. The second kappa shape index (κ2) is 4.03. The maximum Gasteiger partial charge on any atom is 0.337 e. The Hall–Kier alpha value is -1.35. The molecule has 2 atom stereocenters. The zero-order chi connectivity index (χ0) is 10.8. The molecule has 0 aliphatic carbocycles. The fraction of sp³-hybridized carbons (Fsp3) is 0.417. The molecule has 0 spiro atoms. The average molecular weight is 206 g/mol. The number of esters is 1. The van der Waals surface area contributed by atoms with Gasteiger partial charge in [-0.25, -0.2) is 4.79 Å². The smallest absolute Gasteiger partial charge is 0.337 e. The van der Waals surface area contributed by atoms with E-state index in [9.17, 15) is 4.79 Å². The van der Waals surface area contributed by atoms with Crippen molar-refractivity contribution >= 4 is 5.97 Å². The van der Waals surface area contributed by atoms with Gasteiger partial charge in [-0.1, -0.05) is 19.1 Å². The number of hydrogen-bond donors (Lipinski definition) is 0. The summed E-state index contributed by atoms with van der Waals surface area (Å²) >= 11 is 0. The van der Waals surface area contributed by atoms with E-state index in [1.807, 2.05) is 12.1 Å². The number of carbonyl (C=O) groups excluding carboxylic acids is 1. The summed E-state index contributed by atoms with van der Waals surface area (Å²) in [5.41, 5.74) is 1.71. The molecule has 0 aromatic heterocycles. The quantitative estimate of drug-likeness (QED) is 0.562. The van der Waals surface area contributed by atoms with E-state index in [0.29, 0.717) is 11.7 Å². The highest BCUT2D eigenvalue weighted by Crippen LogP contribution is 2.40. The van der Waals surface area contributed by atoms with Crippen molar-refractivity contribution in [1.82, 2.24) is 0 Å². The maximum atomic E-state index is 11.2. The van der Waals surface area contributed by atoms with Crippen LogP contribution in [0.1, 0.15) is 35.4 Å². The number of epoxide rings is 1. The van der Waals surface area contributed by atoms with Crippen LogP contribution in [0.4, 0.5) is 0 Å². The van der Waals surface area contributed by atoms with Crippen LogP contribution in [0.3, 0.4) is 0 Å². The van der Waals surface area contributed by atoms with Crippen molar-refractivity contribution in [1.29, 1.82) is 0 Å². The summed E-state index contributed by atoms with van der Waals surface area (Å²) in [4.78, 5) is 11.2. The molecular weight excluding hydrogens is 192 g/mol. The molecule has 1 aliphatic rings. The van der Waals surface area contributed by atoms with E-state index >= 15 is 0 Å². The summed E-state index contributed by atoms with van der Waals surface area (Å²) in [7, 11) is 1.38. The first-order valence-electron chi connectivity index (χ1n) is 5.10. The molecule has 0 N–H and O–H groups in total. The van der Waals surface area contributed by atoms with E-state index in [-0.39, 0.29) is 12.1 Å². The van der Waals surface area contributed by atoms with Crippen LogP contribution in [-0.2, 0) is 9.47 Å². The fourth-order valence-corrected chi connectivity index (χ4v) is 1.67. The molecule has 0 saturated carbocycles. The van der Waals surface area contributed by atoms with Crippen LogP contribution < -0.4 is 0 Å². The molecular formula is C12H14O3. The first-order chi connectivity index (χ1) is 7.26. The summed E-state index contributed by atoms with van der Waals surface area (Å²) in [5, 5.41) is 0. The van der Waals surface area contributed by atoms with E-state index in [4.69, 9.17) is 4.74 Å². The minimum atomic E-state index is -0.301. The van der Waals surface area contributed by atoms with E-state index in [1.54, 1.807) is 12.1 Å². The van der Waals surface area contributed by atoms with Crippen LogP contribution in [0, 0.1) is 0 Å². The normalized spacial score (nSPS) is 23.6. The molecule has 3 nitrogen and oxygen atoms in total. The average Bonchev–Trinajstić information content (AvgIpc) is 3.07. The van der Waals surface area contributed by atoms with E-state index < -0.39 is 0 Å². The number of rotatable bonds is 3. The number of benzene rings is 1.